The molecule has 5 rings (SSSR count). The number of rotatable bonds is 1. The van der Waals surface area contributed by atoms with Crippen LogP contribution in [0.2, 0.25) is 0 Å². The van der Waals surface area contributed by atoms with Crippen LogP contribution in [-0.4, -0.2) is 19.5 Å². The molecule has 0 saturated carbocycles. The van der Waals surface area contributed by atoms with Gasteiger partial charge in [-0.15, -0.1) is 0 Å². The minimum atomic E-state index is 0.887. The van der Waals surface area contributed by atoms with E-state index in [1.54, 1.807) is 0 Å². The van der Waals surface area contributed by atoms with Crippen molar-refractivity contribution in [2.24, 2.45) is 0 Å². The molecule has 8 bridgehead atoms. The van der Waals surface area contributed by atoms with Gasteiger partial charge in [-0.1, -0.05) is 6.58 Å². The number of nitrogens with zero attached hydrogens (tertiary/aromatic N) is 3. The monoisotopic (exact) mass is 336 g/mol. The third-order valence-electron chi connectivity index (χ3n) is 4.56. The smallest absolute Gasteiger partial charge is 0.0894 e. The molecule has 0 aromatic carbocycles. The van der Waals surface area contributed by atoms with Crippen molar-refractivity contribution < 1.29 is 0 Å². The third kappa shape index (κ3) is 2.40. The highest BCUT2D eigenvalue weighted by Gasteiger charge is 2.07. The standard InChI is InChI=1S/C22H16N4/c1-2-26-18-9-5-17-7-12-20(24-17)19-11-6-15(23-19)3-4-16-8-13-21(25-16)22(26)14-10-18/h2-14,25H,1H2. The average molecular weight is 336 g/mol. The maximum Gasteiger partial charge on any atom is 0.0894 e. The lowest BCUT2D eigenvalue weighted by Gasteiger charge is -1.97. The molecule has 2 aliphatic heterocycles. The van der Waals surface area contributed by atoms with E-state index in [-0.39, 0.29) is 0 Å². The normalized spacial score (nSPS) is 12.5. The largest absolute Gasteiger partial charge is 0.354 e. The summed E-state index contributed by atoms with van der Waals surface area (Å²) in [4.78, 5) is 12.8. The quantitative estimate of drug-likeness (QED) is 0.455. The van der Waals surface area contributed by atoms with E-state index in [0.717, 1.165) is 44.8 Å². The van der Waals surface area contributed by atoms with E-state index in [1.807, 2.05) is 48.7 Å². The molecule has 0 radical (unpaired) electrons. The fraction of sp³-hybridized carbons (Fsp3) is 0. The first-order valence-electron chi connectivity index (χ1n) is 8.47. The Bertz CT molecular complexity index is 1250. The molecule has 5 heterocycles. The average Bonchev–Trinajstić information content (AvgIpc) is 3.43. The predicted molar refractivity (Wildman–Crippen MR) is 109 cm³/mol. The van der Waals surface area contributed by atoms with Gasteiger partial charge in [0, 0.05) is 17.2 Å². The molecule has 124 valence electrons. The summed E-state index contributed by atoms with van der Waals surface area (Å²) in [6, 6.07) is 16.4. The lowest BCUT2D eigenvalue weighted by molar-refractivity contribution is 1.23. The first-order chi connectivity index (χ1) is 12.8. The van der Waals surface area contributed by atoms with E-state index >= 15 is 0 Å². The second kappa shape index (κ2) is 5.70. The minimum absolute atomic E-state index is 0.887. The molecule has 26 heavy (non-hydrogen) atoms. The Labute approximate surface area is 150 Å². The van der Waals surface area contributed by atoms with Gasteiger partial charge in [-0.05, 0) is 72.8 Å². The van der Waals surface area contributed by atoms with Crippen LogP contribution in [0.1, 0.15) is 22.8 Å². The lowest BCUT2D eigenvalue weighted by atomic mass is 10.3. The van der Waals surface area contributed by atoms with Crippen LogP contribution < -0.4 is 0 Å². The van der Waals surface area contributed by atoms with Gasteiger partial charge in [-0.2, -0.15) is 0 Å². The van der Waals surface area contributed by atoms with Crippen LogP contribution in [0.25, 0.3) is 52.6 Å². The van der Waals surface area contributed by atoms with Crippen molar-refractivity contribution in [3.8, 4) is 0 Å². The third-order valence-corrected chi connectivity index (χ3v) is 4.56. The second-order valence-corrected chi connectivity index (χ2v) is 6.20. The molecule has 0 spiro atoms. The van der Waals surface area contributed by atoms with E-state index in [2.05, 4.69) is 56.4 Å². The summed E-state index contributed by atoms with van der Waals surface area (Å²) in [6.45, 7) is 3.96. The van der Waals surface area contributed by atoms with Crippen molar-refractivity contribution in [1.82, 2.24) is 19.5 Å². The fourth-order valence-corrected chi connectivity index (χ4v) is 3.25. The van der Waals surface area contributed by atoms with Gasteiger partial charge >= 0.3 is 0 Å². The van der Waals surface area contributed by atoms with Crippen molar-refractivity contribution in [2.45, 2.75) is 0 Å². The zero-order valence-electron chi connectivity index (χ0n) is 14.1. The number of H-pyrrole nitrogens is 1. The zero-order chi connectivity index (χ0) is 17.5. The Morgan fingerprint density at radius 2 is 1.42 bits per heavy atom. The van der Waals surface area contributed by atoms with Crippen LogP contribution in [0.5, 0.6) is 0 Å². The van der Waals surface area contributed by atoms with Crippen LogP contribution in [-0.2, 0) is 0 Å². The predicted octanol–water partition coefficient (Wildman–Crippen LogP) is 5.23. The summed E-state index contributed by atoms with van der Waals surface area (Å²) in [7, 11) is 0. The Morgan fingerprint density at radius 3 is 2.15 bits per heavy atom. The van der Waals surface area contributed by atoms with Gasteiger partial charge in [0.25, 0.3) is 0 Å². The van der Waals surface area contributed by atoms with Crippen LogP contribution in [0.4, 0.5) is 0 Å². The number of aromatic nitrogens is 4. The van der Waals surface area contributed by atoms with E-state index in [1.165, 1.54) is 0 Å². The maximum absolute atomic E-state index is 4.66. The lowest BCUT2D eigenvalue weighted by Crippen LogP contribution is -1.84. The van der Waals surface area contributed by atoms with Gasteiger partial charge in [0.05, 0.1) is 33.8 Å². The van der Waals surface area contributed by atoms with Crippen molar-refractivity contribution >= 4 is 52.6 Å². The Hall–Kier alpha value is -3.66. The van der Waals surface area contributed by atoms with Gasteiger partial charge in [-0.3, -0.25) is 0 Å². The summed E-state index contributed by atoms with van der Waals surface area (Å²) >= 11 is 0. The summed E-state index contributed by atoms with van der Waals surface area (Å²) in [5.74, 6) is 0. The topological polar surface area (TPSA) is 46.5 Å². The molecule has 3 aromatic heterocycles. The van der Waals surface area contributed by atoms with Gasteiger partial charge in [0.1, 0.15) is 0 Å². The number of aromatic amines is 1. The van der Waals surface area contributed by atoms with Gasteiger partial charge in [0.2, 0.25) is 0 Å². The number of fused-ring (bicyclic) bond motifs is 10. The number of nitrogens with one attached hydrogen (secondary N) is 1. The molecule has 1 N–H and O–H groups in total. The molecule has 0 saturated heterocycles. The first-order valence-corrected chi connectivity index (χ1v) is 8.47. The van der Waals surface area contributed by atoms with Gasteiger partial charge in [0.15, 0.2) is 0 Å². The highest BCUT2D eigenvalue weighted by molar-refractivity contribution is 5.84. The van der Waals surface area contributed by atoms with Crippen molar-refractivity contribution in [1.29, 1.82) is 0 Å². The van der Waals surface area contributed by atoms with Crippen LogP contribution >= 0.6 is 0 Å². The van der Waals surface area contributed by atoms with E-state index < -0.39 is 0 Å². The molecule has 0 amide bonds. The molecular weight excluding hydrogens is 320 g/mol. The number of hydrogen-bond acceptors (Lipinski definition) is 2. The molecule has 4 heteroatoms. The van der Waals surface area contributed by atoms with E-state index in [0.29, 0.717) is 0 Å². The summed E-state index contributed by atoms with van der Waals surface area (Å²) < 4.78 is 2.07. The maximum atomic E-state index is 4.66. The molecule has 0 atom stereocenters. The molecule has 0 aliphatic carbocycles. The van der Waals surface area contributed by atoms with E-state index in [4.69, 9.17) is 0 Å². The van der Waals surface area contributed by atoms with Gasteiger partial charge < -0.3 is 9.55 Å². The van der Waals surface area contributed by atoms with Crippen LogP contribution in [0.15, 0.2) is 55.1 Å². The van der Waals surface area contributed by atoms with E-state index in [9.17, 15) is 0 Å². The highest BCUT2D eigenvalue weighted by Crippen LogP contribution is 2.20. The zero-order valence-corrected chi connectivity index (χ0v) is 14.1. The van der Waals surface area contributed by atoms with Crippen molar-refractivity contribution in [3.05, 3.63) is 77.9 Å². The summed E-state index contributed by atoms with van der Waals surface area (Å²) in [5, 5.41) is 0. The molecule has 4 nitrogen and oxygen atoms in total. The highest BCUT2D eigenvalue weighted by atomic mass is 15.0. The summed E-state index contributed by atoms with van der Waals surface area (Å²) in [6.07, 6.45) is 9.84. The Kier molecular flexibility index (Phi) is 3.22. The van der Waals surface area contributed by atoms with Crippen molar-refractivity contribution in [2.75, 3.05) is 0 Å². The van der Waals surface area contributed by atoms with Crippen LogP contribution in [0.3, 0.4) is 0 Å². The summed E-state index contributed by atoms with van der Waals surface area (Å²) in [5.41, 5.74) is 7.79. The molecular formula is C22H16N4. The SMILES string of the molecule is C=Cn1c2ccc3nc(c4nc(ccc5ccc([nH]5)c1cc2)C=C4)C=C3. The fourth-order valence-electron chi connectivity index (χ4n) is 3.25. The first kappa shape index (κ1) is 14.7. The number of hydrogen-bond donors (Lipinski definition) is 1. The molecule has 0 unspecified atom stereocenters. The minimum Gasteiger partial charge on any atom is -0.354 e. The Morgan fingerprint density at radius 1 is 0.769 bits per heavy atom. The molecule has 2 aliphatic rings. The Balaban J connectivity index is 1.90. The molecule has 0 fully saturated rings. The van der Waals surface area contributed by atoms with Gasteiger partial charge in [-0.25, -0.2) is 9.97 Å². The van der Waals surface area contributed by atoms with Crippen LogP contribution in [0, 0.1) is 0 Å². The second-order valence-electron chi connectivity index (χ2n) is 6.20. The van der Waals surface area contributed by atoms with Crippen molar-refractivity contribution in [3.63, 3.8) is 0 Å². The molecule has 3 aromatic rings.